The summed E-state index contributed by atoms with van der Waals surface area (Å²) in [5.74, 6) is -1.14. The number of carbonyl (C=O) groups excluding carboxylic acids is 2. The number of ketones is 1. The fourth-order valence-electron chi connectivity index (χ4n) is 5.19. The fraction of sp³-hybridized carbons (Fsp3) is 0.500. The first-order valence-corrected chi connectivity index (χ1v) is 11.4. The summed E-state index contributed by atoms with van der Waals surface area (Å²) in [6.07, 6.45) is 5.48. The van der Waals surface area contributed by atoms with Crippen LogP contribution in [0.1, 0.15) is 50.9 Å². The first-order chi connectivity index (χ1) is 15.5. The highest BCUT2D eigenvalue weighted by atomic mass is 16.5. The molecule has 2 heterocycles. The second-order valence-corrected chi connectivity index (χ2v) is 10.3. The van der Waals surface area contributed by atoms with Crippen LogP contribution in [0.15, 0.2) is 36.5 Å². The van der Waals surface area contributed by atoms with Crippen LogP contribution in [-0.2, 0) is 20.9 Å². The Balaban J connectivity index is 1.69. The third-order valence-electron chi connectivity index (χ3n) is 7.78. The topological polar surface area (TPSA) is 94.8 Å². The van der Waals surface area contributed by atoms with Crippen molar-refractivity contribution >= 4 is 28.6 Å². The number of rotatable bonds is 7. The Morgan fingerprint density at radius 2 is 1.79 bits per heavy atom. The Kier molecular flexibility index (Phi) is 5.95. The van der Waals surface area contributed by atoms with Crippen molar-refractivity contribution in [2.45, 2.75) is 47.1 Å². The van der Waals surface area contributed by atoms with Crippen LogP contribution in [0.25, 0.3) is 10.9 Å². The molecule has 1 saturated heterocycles. The summed E-state index contributed by atoms with van der Waals surface area (Å²) >= 11 is 0. The molecule has 0 amide bonds. The lowest BCUT2D eigenvalue weighted by Gasteiger charge is -2.22. The van der Waals surface area contributed by atoms with Crippen LogP contribution >= 0.6 is 0 Å². The van der Waals surface area contributed by atoms with Crippen molar-refractivity contribution in [3.63, 3.8) is 0 Å². The standard InChI is InChI=1S/C26H31NO6/c1-25(2)24(26(25,3)4)23(31)19-15-27(14-16-9-11-32-12-10-16)20-13-17(5-6-18(19)20)33-22(30)8-7-21(28)29/h5-8,13,15-16,24H,9-12,14H2,1-4H3,(H,28,29). The lowest BCUT2D eigenvalue weighted by atomic mass is 10.0. The summed E-state index contributed by atoms with van der Waals surface area (Å²) in [7, 11) is 0. The number of carboxylic acid groups (broad SMARTS) is 1. The molecule has 0 spiro atoms. The summed E-state index contributed by atoms with van der Waals surface area (Å²) in [5.41, 5.74) is 1.40. The van der Waals surface area contributed by atoms with Gasteiger partial charge in [-0.15, -0.1) is 0 Å². The Morgan fingerprint density at radius 1 is 1.12 bits per heavy atom. The second kappa shape index (κ2) is 8.45. The lowest BCUT2D eigenvalue weighted by molar-refractivity contribution is -0.133. The molecule has 2 aromatic rings. The zero-order valence-electron chi connectivity index (χ0n) is 19.6. The highest BCUT2D eigenvalue weighted by molar-refractivity contribution is 6.11. The second-order valence-electron chi connectivity index (χ2n) is 10.3. The van der Waals surface area contributed by atoms with E-state index in [0.717, 1.165) is 55.7 Å². The van der Waals surface area contributed by atoms with Gasteiger partial charge in [-0.05, 0) is 41.7 Å². The van der Waals surface area contributed by atoms with Crippen molar-refractivity contribution < 1.29 is 29.0 Å². The Hall–Kier alpha value is -2.93. The van der Waals surface area contributed by atoms with Gasteiger partial charge in [-0.1, -0.05) is 27.7 Å². The van der Waals surface area contributed by atoms with Crippen LogP contribution in [0, 0.1) is 22.7 Å². The van der Waals surface area contributed by atoms with Gasteiger partial charge in [0.2, 0.25) is 0 Å². The van der Waals surface area contributed by atoms with Crippen molar-refractivity contribution in [2.75, 3.05) is 13.2 Å². The highest BCUT2D eigenvalue weighted by Crippen LogP contribution is 2.69. The van der Waals surface area contributed by atoms with Crippen LogP contribution in [0.3, 0.4) is 0 Å². The van der Waals surface area contributed by atoms with Gasteiger partial charge in [0.1, 0.15) is 5.75 Å². The van der Waals surface area contributed by atoms with Gasteiger partial charge in [-0.25, -0.2) is 9.59 Å². The average molecular weight is 454 g/mol. The van der Waals surface area contributed by atoms with Crippen LogP contribution < -0.4 is 4.74 Å². The van der Waals surface area contributed by atoms with Crippen LogP contribution in [0.5, 0.6) is 5.75 Å². The molecule has 0 unspecified atom stereocenters. The summed E-state index contributed by atoms with van der Waals surface area (Å²) in [4.78, 5) is 36.2. The Labute approximate surface area is 193 Å². The van der Waals surface area contributed by atoms with Crippen molar-refractivity contribution in [1.29, 1.82) is 0 Å². The molecule has 1 N–H and O–H groups in total. The van der Waals surface area contributed by atoms with Gasteiger partial charge >= 0.3 is 11.9 Å². The molecule has 2 aliphatic rings. The third kappa shape index (κ3) is 4.34. The van der Waals surface area contributed by atoms with Crippen molar-refractivity contribution in [3.05, 3.63) is 42.1 Å². The number of carboxylic acids is 1. The molecule has 2 fully saturated rings. The molecule has 0 bridgehead atoms. The molecule has 0 radical (unpaired) electrons. The van der Waals surface area contributed by atoms with Gasteiger partial charge in [-0.2, -0.15) is 0 Å². The maximum atomic E-state index is 13.6. The normalized spacial score (nSPS) is 20.2. The first-order valence-electron chi connectivity index (χ1n) is 11.4. The molecule has 33 heavy (non-hydrogen) atoms. The van der Waals surface area contributed by atoms with Gasteiger partial charge in [0, 0.05) is 61.0 Å². The predicted molar refractivity (Wildman–Crippen MR) is 123 cm³/mol. The Morgan fingerprint density at radius 3 is 2.39 bits per heavy atom. The van der Waals surface area contributed by atoms with E-state index in [2.05, 4.69) is 32.3 Å². The van der Waals surface area contributed by atoms with E-state index in [1.165, 1.54) is 0 Å². The minimum Gasteiger partial charge on any atom is -0.478 e. The van der Waals surface area contributed by atoms with Crippen LogP contribution in [0.4, 0.5) is 0 Å². The van der Waals surface area contributed by atoms with Crippen molar-refractivity contribution in [3.8, 4) is 5.75 Å². The zero-order valence-corrected chi connectivity index (χ0v) is 19.6. The molecular weight excluding hydrogens is 422 g/mol. The van der Waals surface area contributed by atoms with Crippen LogP contribution in [0.2, 0.25) is 0 Å². The monoisotopic (exact) mass is 453 g/mol. The lowest BCUT2D eigenvalue weighted by Crippen LogP contribution is -2.20. The SMILES string of the molecule is CC1(C)C(C(=O)c2cn(CC3CCOCC3)c3cc(OC(=O)C=CC(=O)O)ccc23)C1(C)C. The molecular formula is C26H31NO6. The van der Waals surface area contributed by atoms with E-state index in [4.69, 9.17) is 14.6 Å². The molecule has 1 aliphatic heterocycles. The number of aromatic nitrogens is 1. The van der Waals surface area contributed by atoms with E-state index in [9.17, 15) is 14.4 Å². The fourth-order valence-corrected chi connectivity index (χ4v) is 5.19. The van der Waals surface area contributed by atoms with E-state index >= 15 is 0 Å². The summed E-state index contributed by atoms with van der Waals surface area (Å²) in [6.45, 7) is 10.8. The molecule has 7 nitrogen and oxygen atoms in total. The summed E-state index contributed by atoms with van der Waals surface area (Å²) in [6, 6.07) is 5.21. The van der Waals surface area contributed by atoms with E-state index in [-0.39, 0.29) is 22.5 Å². The minimum atomic E-state index is -1.22. The number of Topliss-reactive ketones (excluding diaryl/α,β-unsaturated/α-hetero) is 1. The number of nitrogens with zero attached hydrogens (tertiary/aromatic N) is 1. The number of hydrogen-bond donors (Lipinski definition) is 1. The summed E-state index contributed by atoms with van der Waals surface area (Å²) in [5, 5.41) is 9.54. The highest BCUT2D eigenvalue weighted by Gasteiger charge is 2.68. The van der Waals surface area contributed by atoms with Crippen LogP contribution in [-0.4, -0.2) is 40.6 Å². The molecule has 0 atom stereocenters. The number of esters is 1. The van der Waals surface area contributed by atoms with Crippen molar-refractivity contribution in [1.82, 2.24) is 4.57 Å². The van der Waals surface area contributed by atoms with E-state index in [1.807, 2.05) is 12.3 Å². The molecule has 1 aromatic carbocycles. The van der Waals surface area contributed by atoms with Gasteiger partial charge < -0.3 is 19.1 Å². The molecule has 1 aliphatic carbocycles. The quantitative estimate of drug-likeness (QED) is 0.287. The number of hydrogen-bond acceptors (Lipinski definition) is 5. The smallest absolute Gasteiger partial charge is 0.336 e. The largest absolute Gasteiger partial charge is 0.478 e. The van der Waals surface area contributed by atoms with Gasteiger partial charge in [0.05, 0.1) is 5.52 Å². The number of benzene rings is 1. The van der Waals surface area contributed by atoms with Crippen molar-refractivity contribution in [2.24, 2.45) is 22.7 Å². The average Bonchev–Trinajstić information content (AvgIpc) is 3.01. The molecule has 7 heteroatoms. The third-order valence-corrected chi connectivity index (χ3v) is 7.78. The molecule has 1 saturated carbocycles. The van der Waals surface area contributed by atoms with Gasteiger partial charge in [0.25, 0.3) is 0 Å². The summed E-state index contributed by atoms with van der Waals surface area (Å²) < 4.78 is 12.9. The maximum Gasteiger partial charge on any atom is 0.336 e. The number of carbonyl (C=O) groups is 3. The molecule has 1 aromatic heterocycles. The number of ether oxygens (including phenoxy) is 2. The van der Waals surface area contributed by atoms with E-state index < -0.39 is 11.9 Å². The Bertz CT molecular complexity index is 1120. The molecule has 4 rings (SSSR count). The predicted octanol–water partition coefficient (Wildman–Crippen LogP) is 4.48. The minimum absolute atomic E-state index is 0.0502. The van der Waals surface area contributed by atoms with E-state index in [0.29, 0.717) is 17.2 Å². The number of fused-ring (bicyclic) bond motifs is 1. The zero-order chi connectivity index (χ0) is 24.0. The first kappa shape index (κ1) is 23.2. The number of aliphatic carboxylic acids is 1. The van der Waals surface area contributed by atoms with Gasteiger partial charge in [0.15, 0.2) is 5.78 Å². The van der Waals surface area contributed by atoms with Gasteiger partial charge in [-0.3, -0.25) is 4.79 Å². The maximum absolute atomic E-state index is 13.6. The molecule has 176 valence electrons. The van der Waals surface area contributed by atoms with E-state index in [1.54, 1.807) is 12.1 Å².